The zero-order chi connectivity index (χ0) is 21.2. The molecule has 0 aliphatic carbocycles. The summed E-state index contributed by atoms with van der Waals surface area (Å²) in [4.78, 5) is 4.75. The van der Waals surface area contributed by atoms with Gasteiger partial charge in [0.15, 0.2) is 11.5 Å². The number of anilines is 1. The summed E-state index contributed by atoms with van der Waals surface area (Å²) in [5.74, 6) is 3.47. The van der Waals surface area contributed by atoms with Crippen molar-refractivity contribution in [2.24, 2.45) is 0 Å². The lowest BCUT2D eigenvalue weighted by Crippen LogP contribution is -2.46. The predicted molar refractivity (Wildman–Crippen MR) is 121 cm³/mol. The van der Waals surface area contributed by atoms with Crippen molar-refractivity contribution >= 4 is 22.8 Å². The Kier molecular flexibility index (Phi) is 5.44. The minimum atomic E-state index is 0.758. The Morgan fingerprint density at radius 3 is 2.58 bits per heavy atom. The van der Waals surface area contributed by atoms with Crippen LogP contribution in [0.25, 0.3) is 17.0 Å². The van der Waals surface area contributed by atoms with Crippen LogP contribution in [0.4, 0.5) is 5.82 Å². The molecule has 0 unspecified atom stereocenters. The summed E-state index contributed by atoms with van der Waals surface area (Å²) in [7, 11) is 3.40. The quantitative estimate of drug-likeness (QED) is 0.460. The Morgan fingerprint density at radius 2 is 1.84 bits per heavy atom. The van der Waals surface area contributed by atoms with Crippen LogP contribution in [-0.4, -0.2) is 65.1 Å². The molecule has 1 saturated heterocycles. The van der Waals surface area contributed by atoms with E-state index < -0.39 is 0 Å². The van der Waals surface area contributed by atoms with Gasteiger partial charge in [0.25, 0.3) is 0 Å². The highest BCUT2D eigenvalue weighted by Gasteiger charge is 2.21. The monoisotopic (exact) mass is 436 g/mol. The number of hydrogen-bond acceptors (Lipinski definition) is 8. The zero-order valence-corrected chi connectivity index (χ0v) is 18.4. The van der Waals surface area contributed by atoms with Gasteiger partial charge in [0.1, 0.15) is 17.3 Å². The molecule has 5 rings (SSSR count). The number of nitrogens with zero attached hydrogens (tertiary/aromatic N) is 6. The van der Waals surface area contributed by atoms with Crippen molar-refractivity contribution in [2.45, 2.75) is 6.54 Å². The fourth-order valence-electron chi connectivity index (χ4n) is 3.90. The fraction of sp³-hybridized carbons (Fsp3) is 0.318. The first-order valence-corrected chi connectivity index (χ1v) is 11.1. The van der Waals surface area contributed by atoms with Gasteiger partial charge in [-0.2, -0.15) is 15.9 Å². The first-order chi connectivity index (χ1) is 15.2. The third-order valence-electron chi connectivity index (χ3n) is 5.61. The minimum Gasteiger partial charge on any atom is -0.497 e. The predicted octanol–water partition coefficient (Wildman–Crippen LogP) is 3.19. The molecule has 0 saturated carbocycles. The van der Waals surface area contributed by atoms with Gasteiger partial charge < -0.3 is 14.4 Å². The molecule has 0 spiro atoms. The van der Waals surface area contributed by atoms with Gasteiger partial charge >= 0.3 is 0 Å². The largest absolute Gasteiger partial charge is 0.497 e. The van der Waals surface area contributed by atoms with Gasteiger partial charge in [-0.25, -0.2) is 0 Å². The van der Waals surface area contributed by atoms with E-state index in [4.69, 9.17) is 14.6 Å². The normalized spacial score (nSPS) is 14.8. The average molecular weight is 437 g/mol. The van der Waals surface area contributed by atoms with Crippen molar-refractivity contribution in [1.29, 1.82) is 0 Å². The molecular formula is C22H24N6O2S. The van der Waals surface area contributed by atoms with Gasteiger partial charge in [-0.3, -0.25) is 4.90 Å². The van der Waals surface area contributed by atoms with Crippen molar-refractivity contribution in [3.63, 3.8) is 0 Å². The lowest BCUT2D eigenvalue weighted by Gasteiger charge is -2.35. The molecule has 1 aromatic carbocycles. The number of fused-ring (bicyclic) bond motifs is 1. The highest BCUT2D eigenvalue weighted by Crippen LogP contribution is 2.26. The lowest BCUT2D eigenvalue weighted by atomic mass is 10.1. The lowest BCUT2D eigenvalue weighted by molar-refractivity contribution is 0.245. The topological polar surface area (TPSA) is 68.0 Å². The van der Waals surface area contributed by atoms with Crippen LogP contribution in [0.15, 0.2) is 47.2 Å². The van der Waals surface area contributed by atoms with Crippen LogP contribution in [0.1, 0.15) is 5.56 Å². The number of ether oxygens (including phenoxy) is 2. The number of benzene rings is 1. The first-order valence-electron chi connectivity index (χ1n) is 10.2. The fourth-order valence-corrected chi connectivity index (χ4v) is 4.54. The highest BCUT2D eigenvalue weighted by molar-refractivity contribution is 7.08. The van der Waals surface area contributed by atoms with Crippen LogP contribution < -0.4 is 14.4 Å². The summed E-state index contributed by atoms with van der Waals surface area (Å²) >= 11 is 1.64. The third kappa shape index (κ3) is 3.94. The van der Waals surface area contributed by atoms with E-state index >= 15 is 0 Å². The summed E-state index contributed by atoms with van der Waals surface area (Å²) < 4.78 is 12.8. The Labute approximate surface area is 184 Å². The SMILES string of the molecule is COc1ccc(OC)c(CN2CCN(c3ccc4nnc(-c5ccsc5)n4n3)CC2)c1. The van der Waals surface area contributed by atoms with E-state index in [1.54, 1.807) is 25.6 Å². The van der Waals surface area contributed by atoms with Crippen LogP contribution in [-0.2, 0) is 6.54 Å². The van der Waals surface area contributed by atoms with E-state index in [0.717, 1.165) is 72.6 Å². The first kappa shape index (κ1) is 19.8. The van der Waals surface area contributed by atoms with Crippen LogP contribution in [0.5, 0.6) is 11.5 Å². The van der Waals surface area contributed by atoms with Gasteiger partial charge in [0.2, 0.25) is 0 Å². The number of piperazine rings is 1. The number of thiophene rings is 1. The van der Waals surface area contributed by atoms with Crippen LogP contribution in [0, 0.1) is 0 Å². The third-order valence-corrected chi connectivity index (χ3v) is 6.29. The Morgan fingerprint density at radius 1 is 0.968 bits per heavy atom. The molecule has 3 aromatic heterocycles. The second kappa shape index (κ2) is 8.52. The van der Waals surface area contributed by atoms with Crippen LogP contribution in [0.2, 0.25) is 0 Å². The number of aromatic nitrogens is 4. The average Bonchev–Trinajstić information content (AvgIpc) is 3.49. The number of rotatable bonds is 6. The van der Waals surface area contributed by atoms with Crippen molar-refractivity contribution in [2.75, 3.05) is 45.3 Å². The van der Waals surface area contributed by atoms with Crippen molar-refractivity contribution < 1.29 is 9.47 Å². The molecular weight excluding hydrogens is 412 g/mol. The van der Waals surface area contributed by atoms with Gasteiger partial charge in [-0.1, -0.05) is 0 Å². The Balaban J connectivity index is 1.30. The molecule has 0 amide bonds. The van der Waals surface area contributed by atoms with Gasteiger partial charge in [-0.15, -0.1) is 15.3 Å². The molecule has 31 heavy (non-hydrogen) atoms. The molecule has 0 N–H and O–H groups in total. The van der Waals surface area contributed by atoms with E-state index in [-0.39, 0.29) is 0 Å². The van der Waals surface area contributed by atoms with E-state index in [9.17, 15) is 0 Å². The maximum atomic E-state index is 5.54. The van der Waals surface area contributed by atoms with E-state index in [1.807, 2.05) is 40.2 Å². The summed E-state index contributed by atoms with van der Waals surface area (Å²) in [5, 5.41) is 17.5. The van der Waals surface area contributed by atoms with E-state index in [0.29, 0.717) is 0 Å². The van der Waals surface area contributed by atoms with E-state index in [2.05, 4.69) is 31.4 Å². The summed E-state index contributed by atoms with van der Waals surface area (Å²) in [5.41, 5.74) is 2.94. The molecule has 1 aliphatic heterocycles. The molecule has 160 valence electrons. The molecule has 8 nitrogen and oxygen atoms in total. The molecule has 0 atom stereocenters. The van der Waals surface area contributed by atoms with Crippen LogP contribution in [0.3, 0.4) is 0 Å². The summed E-state index contributed by atoms with van der Waals surface area (Å²) in [6, 6.07) is 12.0. The zero-order valence-electron chi connectivity index (χ0n) is 17.6. The highest BCUT2D eigenvalue weighted by atomic mass is 32.1. The van der Waals surface area contributed by atoms with Crippen molar-refractivity contribution in [1.82, 2.24) is 24.7 Å². The molecule has 0 radical (unpaired) electrons. The number of methoxy groups -OCH3 is 2. The molecule has 4 aromatic rings. The Hall–Kier alpha value is -3.17. The Bertz CT molecular complexity index is 1170. The molecule has 1 fully saturated rings. The van der Waals surface area contributed by atoms with Gasteiger partial charge in [-0.05, 0) is 41.8 Å². The van der Waals surface area contributed by atoms with Crippen molar-refractivity contribution in [3.05, 3.63) is 52.7 Å². The molecule has 0 bridgehead atoms. The van der Waals surface area contributed by atoms with Crippen LogP contribution >= 0.6 is 11.3 Å². The maximum absolute atomic E-state index is 5.54. The summed E-state index contributed by atoms with van der Waals surface area (Å²) in [6.45, 7) is 4.52. The summed E-state index contributed by atoms with van der Waals surface area (Å²) in [6.07, 6.45) is 0. The standard InChI is InChI=1S/C22H24N6O2S/c1-29-18-3-4-19(30-2)17(13-18)14-26-8-10-27(11-9-26)21-6-5-20-23-24-22(28(20)25-21)16-7-12-31-15-16/h3-7,12-13,15H,8-11,14H2,1-2H3. The van der Waals surface area contributed by atoms with Crippen molar-refractivity contribution in [3.8, 4) is 22.9 Å². The van der Waals surface area contributed by atoms with Gasteiger partial charge in [0.05, 0.1) is 14.2 Å². The maximum Gasteiger partial charge on any atom is 0.186 e. The second-order valence-electron chi connectivity index (χ2n) is 7.44. The second-order valence-corrected chi connectivity index (χ2v) is 8.22. The molecule has 1 aliphatic rings. The van der Waals surface area contributed by atoms with E-state index in [1.165, 1.54) is 0 Å². The smallest absolute Gasteiger partial charge is 0.186 e. The molecule has 9 heteroatoms. The number of hydrogen-bond donors (Lipinski definition) is 0. The minimum absolute atomic E-state index is 0.758. The molecule has 4 heterocycles. The van der Waals surface area contributed by atoms with Gasteiger partial charge in [0, 0.05) is 49.2 Å².